The van der Waals surface area contributed by atoms with Gasteiger partial charge in [0, 0.05) is 37.0 Å². The molecule has 1 aliphatic carbocycles. The highest BCUT2D eigenvalue weighted by Crippen LogP contribution is 2.49. The summed E-state index contributed by atoms with van der Waals surface area (Å²) in [6, 6.07) is 17.8. The van der Waals surface area contributed by atoms with Gasteiger partial charge in [0.15, 0.2) is 5.82 Å². The van der Waals surface area contributed by atoms with Gasteiger partial charge in [-0.15, -0.1) is 0 Å². The summed E-state index contributed by atoms with van der Waals surface area (Å²) in [4.78, 5) is 22.7. The van der Waals surface area contributed by atoms with Gasteiger partial charge in [-0.05, 0) is 36.6 Å². The minimum Gasteiger partial charge on any atom is -0.497 e. The van der Waals surface area contributed by atoms with Gasteiger partial charge in [-0.25, -0.2) is 0 Å². The Bertz CT molecular complexity index is 1220. The average Bonchev–Trinajstić information content (AvgIpc) is 3.29. The lowest BCUT2D eigenvalue weighted by molar-refractivity contribution is -0.132. The lowest BCUT2D eigenvalue weighted by Crippen LogP contribution is -2.37. The van der Waals surface area contributed by atoms with E-state index in [1.165, 1.54) is 0 Å². The second-order valence-electron chi connectivity index (χ2n) is 8.08. The zero-order chi connectivity index (χ0) is 21.4. The molecular formula is C24H24N4O3. The van der Waals surface area contributed by atoms with Crippen LogP contribution < -0.4 is 4.74 Å². The molecule has 7 nitrogen and oxygen atoms in total. The van der Waals surface area contributed by atoms with E-state index in [1.807, 2.05) is 61.6 Å². The van der Waals surface area contributed by atoms with E-state index in [4.69, 9.17) is 9.26 Å². The van der Waals surface area contributed by atoms with Crippen molar-refractivity contribution in [2.75, 3.05) is 20.7 Å². The van der Waals surface area contributed by atoms with Gasteiger partial charge in [0.1, 0.15) is 11.4 Å². The van der Waals surface area contributed by atoms with Crippen LogP contribution in [0.4, 0.5) is 0 Å². The summed E-state index contributed by atoms with van der Waals surface area (Å²) in [7, 11) is 3.49. The number of nitrogens with one attached hydrogen (secondary N) is 1. The van der Waals surface area contributed by atoms with Crippen LogP contribution in [0.15, 0.2) is 59.1 Å². The first-order valence-electron chi connectivity index (χ1n) is 10.4. The number of carbonyl (C=O) groups is 1. The van der Waals surface area contributed by atoms with E-state index in [0.717, 1.165) is 40.8 Å². The number of amides is 1. The minimum absolute atomic E-state index is 0.159. The fraction of sp³-hybridized carbons (Fsp3) is 0.292. The molecule has 0 unspecified atom stereocenters. The van der Waals surface area contributed by atoms with Crippen molar-refractivity contribution < 1.29 is 14.1 Å². The van der Waals surface area contributed by atoms with Crippen molar-refractivity contribution in [3.63, 3.8) is 0 Å². The third-order valence-electron chi connectivity index (χ3n) is 6.03. The lowest BCUT2D eigenvalue weighted by atomic mass is 9.94. The van der Waals surface area contributed by atoms with E-state index in [-0.39, 0.29) is 11.3 Å². The molecule has 0 radical (unpaired) electrons. The standard InChI is InChI=1S/C24H24N4O3/c1-28(23(29)24(11-12-24)17-6-4-3-5-7-17)13-10-21-26-22(31-27-21)20-14-16-8-9-18(30-2)15-19(16)25-20/h3-9,14-15,25H,10-13H2,1-2H3. The number of H-pyrrole nitrogens is 1. The van der Waals surface area contributed by atoms with Crippen LogP contribution >= 0.6 is 0 Å². The monoisotopic (exact) mass is 416 g/mol. The fourth-order valence-corrected chi connectivity index (χ4v) is 4.06. The van der Waals surface area contributed by atoms with Gasteiger partial charge >= 0.3 is 0 Å². The van der Waals surface area contributed by atoms with Crippen molar-refractivity contribution >= 4 is 16.8 Å². The third kappa shape index (κ3) is 3.56. The zero-order valence-electron chi connectivity index (χ0n) is 17.6. The van der Waals surface area contributed by atoms with E-state index < -0.39 is 0 Å². The number of fused-ring (bicyclic) bond motifs is 1. The molecule has 31 heavy (non-hydrogen) atoms. The van der Waals surface area contributed by atoms with Crippen molar-refractivity contribution in [3.8, 4) is 17.3 Å². The molecule has 158 valence electrons. The van der Waals surface area contributed by atoms with Crippen LogP contribution in [-0.4, -0.2) is 46.6 Å². The molecule has 2 aromatic heterocycles. The first kappa shape index (κ1) is 19.4. The first-order valence-corrected chi connectivity index (χ1v) is 10.4. The van der Waals surface area contributed by atoms with Gasteiger partial charge in [0.05, 0.1) is 12.5 Å². The number of hydrogen-bond donors (Lipinski definition) is 1. The summed E-state index contributed by atoms with van der Waals surface area (Å²) in [5, 5.41) is 5.13. The number of nitrogens with zero attached hydrogens (tertiary/aromatic N) is 3. The van der Waals surface area contributed by atoms with E-state index in [9.17, 15) is 4.79 Å². The molecule has 5 rings (SSSR count). The van der Waals surface area contributed by atoms with Crippen LogP contribution in [-0.2, 0) is 16.6 Å². The molecule has 4 aromatic rings. The maximum Gasteiger partial charge on any atom is 0.274 e. The van der Waals surface area contributed by atoms with E-state index in [2.05, 4.69) is 15.1 Å². The number of likely N-dealkylation sites (N-methyl/N-ethyl adjacent to an activating group) is 1. The van der Waals surface area contributed by atoms with Crippen LogP contribution in [0.5, 0.6) is 5.75 Å². The van der Waals surface area contributed by atoms with Crippen LogP contribution in [0.25, 0.3) is 22.5 Å². The molecule has 2 aromatic carbocycles. The largest absolute Gasteiger partial charge is 0.497 e. The Morgan fingerprint density at radius 2 is 2.00 bits per heavy atom. The van der Waals surface area contributed by atoms with Crippen LogP contribution in [0.3, 0.4) is 0 Å². The van der Waals surface area contributed by atoms with Crippen LogP contribution in [0.1, 0.15) is 24.2 Å². The molecule has 1 saturated carbocycles. The number of rotatable bonds is 7. The Morgan fingerprint density at radius 3 is 2.74 bits per heavy atom. The molecule has 2 heterocycles. The van der Waals surface area contributed by atoms with Crippen LogP contribution in [0, 0.1) is 0 Å². The molecule has 0 spiro atoms. The summed E-state index contributed by atoms with van der Waals surface area (Å²) in [6.07, 6.45) is 2.33. The molecule has 0 aliphatic heterocycles. The van der Waals surface area contributed by atoms with Crippen molar-refractivity contribution in [3.05, 3.63) is 66.0 Å². The second kappa shape index (κ2) is 7.58. The number of methoxy groups -OCH3 is 1. The van der Waals surface area contributed by atoms with Crippen LogP contribution in [0.2, 0.25) is 0 Å². The normalized spacial score (nSPS) is 14.5. The lowest BCUT2D eigenvalue weighted by Gasteiger charge is -2.23. The number of benzene rings is 2. The van der Waals surface area contributed by atoms with Gasteiger partial charge in [-0.2, -0.15) is 4.98 Å². The maximum atomic E-state index is 13.1. The second-order valence-corrected chi connectivity index (χ2v) is 8.08. The van der Waals surface area contributed by atoms with Gasteiger partial charge in [-0.3, -0.25) is 4.79 Å². The smallest absolute Gasteiger partial charge is 0.274 e. The topological polar surface area (TPSA) is 84.2 Å². The average molecular weight is 416 g/mol. The summed E-state index contributed by atoms with van der Waals surface area (Å²) in [6.45, 7) is 0.538. The Hall–Kier alpha value is -3.61. The first-order chi connectivity index (χ1) is 15.1. The number of hydrogen-bond acceptors (Lipinski definition) is 5. The Balaban J connectivity index is 1.25. The Kier molecular flexibility index (Phi) is 4.73. The predicted octanol–water partition coefficient (Wildman–Crippen LogP) is 3.96. The molecule has 0 bridgehead atoms. The summed E-state index contributed by atoms with van der Waals surface area (Å²) in [5.74, 6) is 1.95. The molecule has 0 atom stereocenters. The molecule has 1 aliphatic rings. The zero-order valence-corrected chi connectivity index (χ0v) is 17.6. The van der Waals surface area contributed by atoms with E-state index in [1.54, 1.807) is 12.0 Å². The number of aromatic amines is 1. The van der Waals surface area contributed by atoms with Gasteiger partial charge in [0.2, 0.25) is 5.91 Å². The Labute approximate surface area is 180 Å². The quantitative estimate of drug-likeness (QED) is 0.493. The van der Waals surface area contributed by atoms with Gasteiger partial charge in [0.25, 0.3) is 5.89 Å². The Morgan fingerprint density at radius 1 is 1.19 bits per heavy atom. The summed E-state index contributed by atoms with van der Waals surface area (Å²) in [5.41, 5.74) is 2.44. The number of ether oxygens (including phenoxy) is 1. The highest BCUT2D eigenvalue weighted by molar-refractivity contribution is 5.91. The van der Waals surface area contributed by atoms with Gasteiger partial charge < -0.3 is 19.1 Å². The third-order valence-corrected chi connectivity index (χ3v) is 6.03. The van der Waals surface area contributed by atoms with Gasteiger partial charge in [-0.1, -0.05) is 35.5 Å². The minimum atomic E-state index is -0.357. The number of carbonyl (C=O) groups excluding carboxylic acids is 1. The van der Waals surface area contributed by atoms with Crippen molar-refractivity contribution in [2.24, 2.45) is 0 Å². The summed E-state index contributed by atoms with van der Waals surface area (Å²) >= 11 is 0. The molecule has 7 heteroatoms. The van der Waals surface area contributed by atoms with E-state index >= 15 is 0 Å². The SMILES string of the molecule is COc1ccc2cc(-c3nc(CCN(C)C(=O)C4(c5ccccc5)CC4)no3)[nH]c2c1. The van der Waals surface area contributed by atoms with Crippen molar-refractivity contribution in [2.45, 2.75) is 24.7 Å². The predicted molar refractivity (Wildman–Crippen MR) is 117 cm³/mol. The molecular weight excluding hydrogens is 392 g/mol. The highest BCUT2D eigenvalue weighted by atomic mass is 16.5. The number of aromatic nitrogens is 3. The molecule has 1 amide bonds. The summed E-state index contributed by atoms with van der Waals surface area (Å²) < 4.78 is 10.7. The maximum absolute atomic E-state index is 13.1. The van der Waals surface area contributed by atoms with Crippen molar-refractivity contribution in [1.29, 1.82) is 0 Å². The highest BCUT2D eigenvalue weighted by Gasteiger charge is 2.52. The molecule has 0 saturated heterocycles. The molecule has 1 fully saturated rings. The van der Waals surface area contributed by atoms with Crippen molar-refractivity contribution in [1.82, 2.24) is 20.0 Å². The van der Waals surface area contributed by atoms with E-state index in [0.29, 0.717) is 24.7 Å². The molecule has 1 N–H and O–H groups in total. The fourth-order valence-electron chi connectivity index (χ4n) is 4.06.